The van der Waals surface area contributed by atoms with Crippen molar-refractivity contribution in [2.24, 2.45) is 0 Å². The number of aliphatic hydroxyl groups excluding tert-OH is 1. The molecule has 4 nitrogen and oxygen atoms in total. The summed E-state index contributed by atoms with van der Waals surface area (Å²) in [6.07, 6.45) is 5.83. The first-order chi connectivity index (χ1) is 9.39. The highest BCUT2D eigenvalue weighted by molar-refractivity contribution is 7.89. The molecule has 20 heavy (non-hydrogen) atoms. The van der Waals surface area contributed by atoms with Gasteiger partial charge >= 0.3 is 0 Å². The highest BCUT2D eigenvalue weighted by Gasteiger charge is 2.27. The maximum Gasteiger partial charge on any atom is 0.245 e. The minimum absolute atomic E-state index is 0.0381. The molecular formula is C13H15Cl2NO3S. The summed E-state index contributed by atoms with van der Waals surface area (Å²) in [5.74, 6) is 2.32. The minimum Gasteiger partial charge on any atom is -0.392 e. The topological polar surface area (TPSA) is 57.6 Å². The molecule has 0 spiro atoms. The van der Waals surface area contributed by atoms with Gasteiger partial charge in [-0.2, -0.15) is 4.31 Å². The van der Waals surface area contributed by atoms with Crippen LogP contribution in [0.1, 0.15) is 18.9 Å². The molecule has 1 rings (SSSR count). The van der Waals surface area contributed by atoms with Gasteiger partial charge in [-0.1, -0.05) is 36.0 Å². The highest BCUT2D eigenvalue weighted by Crippen LogP contribution is 2.32. The van der Waals surface area contributed by atoms with Crippen LogP contribution in [-0.2, 0) is 16.6 Å². The van der Waals surface area contributed by atoms with E-state index in [9.17, 15) is 13.5 Å². The molecule has 0 saturated carbocycles. The largest absolute Gasteiger partial charge is 0.392 e. The van der Waals surface area contributed by atoms with E-state index in [0.29, 0.717) is 13.0 Å². The maximum absolute atomic E-state index is 12.5. The van der Waals surface area contributed by atoms with E-state index in [-0.39, 0.29) is 27.0 Å². The van der Waals surface area contributed by atoms with E-state index in [1.807, 2.05) is 6.92 Å². The zero-order valence-electron chi connectivity index (χ0n) is 10.9. The van der Waals surface area contributed by atoms with E-state index in [2.05, 4.69) is 5.92 Å². The molecule has 0 bridgehead atoms. The summed E-state index contributed by atoms with van der Waals surface area (Å²) in [5, 5.41) is 9.37. The molecule has 0 fully saturated rings. The van der Waals surface area contributed by atoms with Gasteiger partial charge < -0.3 is 5.11 Å². The Kier molecular flexibility index (Phi) is 6.31. The second-order valence-electron chi connectivity index (χ2n) is 4.04. The fraction of sp³-hybridized carbons (Fsp3) is 0.385. The molecule has 0 amide bonds. The Labute approximate surface area is 129 Å². The Hall–Kier alpha value is -0.770. The fourth-order valence-electron chi connectivity index (χ4n) is 1.69. The van der Waals surface area contributed by atoms with Gasteiger partial charge in [0.25, 0.3) is 0 Å². The zero-order valence-corrected chi connectivity index (χ0v) is 13.3. The van der Waals surface area contributed by atoms with Crippen molar-refractivity contribution < 1.29 is 13.5 Å². The van der Waals surface area contributed by atoms with E-state index >= 15 is 0 Å². The molecule has 110 valence electrons. The monoisotopic (exact) mass is 335 g/mol. The Morgan fingerprint density at radius 1 is 1.40 bits per heavy atom. The molecule has 1 aromatic carbocycles. The molecular weight excluding hydrogens is 321 g/mol. The van der Waals surface area contributed by atoms with Crippen molar-refractivity contribution in [1.29, 1.82) is 0 Å². The van der Waals surface area contributed by atoms with Crippen LogP contribution in [0.15, 0.2) is 17.0 Å². The number of sulfonamides is 1. The summed E-state index contributed by atoms with van der Waals surface area (Å²) in [5.41, 5.74) is 0.187. The molecule has 7 heteroatoms. The van der Waals surface area contributed by atoms with E-state index in [1.54, 1.807) is 0 Å². The van der Waals surface area contributed by atoms with Crippen LogP contribution in [0.3, 0.4) is 0 Å². The van der Waals surface area contributed by atoms with E-state index in [0.717, 1.165) is 0 Å². The molecule has 0 saturated heterocycles. The Balaban J connectivity index is 3.38. The van der Waals surface area contributed by atoms with Gasteiger partial charge in [-0.3, -0.25) is 0 Å². The molecule has 1 aromatic rings. The molecule has 0 aliphatic rings. The molecule has 0 heterocycles. The molecule has 0 unspecified atom stereocenters. The van der Waals surface area contributed by atoms with Gasteiger partial charge in [0.15, 0.2) is 0 Å². The van der Waals surface area contributed by atoms with Crippen LogP contribution in [0.5, 0.6) is 0 Å². The zero-order chi connectivity index (χ0) is 15.3. The van der Waals surface area contributed by atoms with E-state index < -0.39 is 16.6 Å². The van der Waals surface area contributed by atoms with Crippen LogP contribution in [0.25, 0.3) is 0 Å². The highest BCUT2D eigenvalue weighted by atomic mass is 35.5. The predicted octanol–water partition coefficient (Wildman–Crippen LogP) is 2.52. The summed E-state index contributed by atoms with van der Waals surface area (Å²) in [6.45, 7) is 1.66. The number of benzene rings is 1. The third kappa shape index (κ3) is 3.46. The summed E-state index contributed by atoms with van der Waals surface area (Å²) < 4.78 is 26.2. The van der Waals surface area contributed by atoms with Crippen LogP contribution in [-0.4, -0.2) is 30.9 Å². The Bertz CT molecular complexity index is 623. The standard InChI is InChI=1S/C13H15Cl2NO3S/c1-3-7-16(8-4-2)20(18,19)12-6-5-11(14)10(9-17)13(12)15/h1,5-6,17H,4,7-9H2,2H3. The second kappa shape index (κ2) is 7.30. The van der Waals surface area contributed by atoms with Crippen molar-refractivity contribution in [2.75, 3.05) is 13.1 Å². The molecule has 0 aliphatic carbocycles. The lowest BCUT2D eigenvalue weighted by Gasteiger charge is -2.20. The van der Waals surface area contributed by atoms with Gasteiger partial charge in [-0.05, 0) is 18.6 Å². The molecule has 0 aromatic heterocycles. The van der Waals surface area contributed by atoms with Gasteiger partial charge in [0.05, 0.1) is 18.2 Å². The maximum atomic E-state index is 12.5. The number of nitrogens with zero attached hydrogens (tertiary/aromatic N) is 1. The van der Waals surface area contributed by atoms with Crippen molar-refractivity contribution in [2.45, 2.75) is 24.8 Å². The van der Waals surface area contributed by atoms with Crippen LogP contribution < -0.4 is 0 Å². The first kappa shape index (κ1) is 17.3. The molecule has 0 aliphatic heterocycles. The van der Waals surface area contributed by atoms with Crippen LogP contribution in [0, 0.1) is 12.3 Å². The molecule has 0 radical (unpaired) electrons. The Morgan fingerprint density at radius 2 is 2.05 bits per heavy atom. The van der Waals surface area contributed by atoms with Crippen molar-refractivity contribution >= 4 is 33.2 Å². The average molecular weight is 336 g/mol. The van der Waals surface area contributed by atoms with Crippen LogP contribution in [0.2, 0.25) is 10.0 Å². The van der Waals surface area contributed by atoms with Crippen LogP contribution in [0.4, 0.5) is 0 Å². The van der Waals surface area contributed by atoms with E-state index in [1.165, 1.54) is 16.4 Å². The lowest BCUT2D eigenvalue weighted by Crippen LogP contribution is -2.32. The molecule has 1 N–H and O–H groups in total. The number of hydrogen-bond donors (Lipinski definition) is 1. The number of rotatable bonds is 6. The smallest absolute Gasteiger partial charge is 0.245 e. The normalized spacial score (nSPS) is 11.6. The second-order valence-corrected chi connectivity index (χ2v) is 6.73. The number of halogens is 2. The lowest BCUT2D eigenvalue weighted by molar-refractivity contribution is 0.281. The van der Waals surface area contributed by atoms with Crippen LogP contribution >= 0.6 is 23.2 Å². The third-order valence-corrected chi connectivity index (χ3v) is 5.45. The number of aliphatic hydroxyl groups is 1. The quantitative estimate of drug-likeness (QED) is 0.812. The Morgan fingerprint density at radius 3 is 2.55 bits per heavy atom. The van der Waals surface area contributed by atoms with Gasteiger partial charge in [-0.25, -0.2) is 8.42 Å². The lowest BCUT2D eigenvalue weighted by atomic mass is 10.2. The summed E-state index contributed by atoms with van der Waals surface area (Å²) in [6, 6.07) is 2.71. The van der Waals surface area contributed by atoms with Crippen molar-refractivity contribution in [3.63, 3.8) is 0 Å². The van der Waals surface area contributed by atoms with Crippen molar-refractivity contribution in [3.05, 3.63) is 27.7 Å². The van der Waals surface area contributed by atoms with Crippen molar-refractivity contribution in [3.8, 4) is 12.3 Å². The fourth-order valence-corrected chi connectivity index (χ4v) is 4.01. The average Bonchev–Trinajstić information content (AvgIpc) is 2.38. The van der Waals surface area contributed by atoms with Gasteiger partial charge in [-0.15, -0.1) is 6.42 Å². The summed E-state index contributed by atoms with van der Waals surface area (Å²) >= 11 is 11.9. The van der Waals surface area contributed by atoms with Gasteiger partial charge in [0.2, 0.25) is 10.0 Å². The van der Waals surface area contributed by atoms with Crippen molar-refractivity contribution in [1.82, 2.24) is 4.31 Å². The summed E-state index contributed by atoms with van der Waals surface area (Å²) in [4.78, 5) is -0.101. The molecule has 0 atom stereocenters. The number of terminal acetylenes is 1. The first-order valence-electron chi connectivity index (χ1n) is 5.91. The first-order valence-corrected chi connectivity index (χ1v) is 8.11. The van der Waals surface area contributed by atoms with E-state index in [4.69, 9.17) is 29.6 Å². The van der Waals surface area contributed by atoms with Gasteiger partial charge in [0, 0.05) is 17.1 Å². The van der Waals surface area contributed by atoms with Gasteiger partial charge in [0.1, 0.15) is 4.90 Å². The number of hydrogen-bond acceptors (Lipinski definition) is 3. The summed E-state index contributed by atoms with van der Waals surface area (Å²) in [7, 11) is -3.82. The predicted molar refractivity (Wildman–Crippen MR) is 80.3 cm³/mol. The SMILES string of the molecule is C#CCN(CCC)S(=O)(=O)c1ccc(Cl)c(CO)c1Cl. The third-order valence-electron chi connectivity index (χ3n) is 2.67. The minimum atomic E-state index is -3.82.